The van der Waals surface area contributed by atoms with Gasteiger partial charge in [-0.3, -0.25) is 4.79 Å². The second-order valence-corrected chi connectivity index (χ2v) is 9.28. The topological polar surface area (TPSA) is 75.7 Å². The first-order valence-electron chi connectivity index (χ1n) is 8.38. The number of anilines is 1. The Hall–Kier alpha value is -1.35. The number of ether oxygens (including phenoxy) is 1. The highest BCUT2D eigenvalue weighted by atomic mass is 35.5. The molecule has 6 nitrogen and oxygen atoms in total. The zero-order chi connectivity index (χ0) is 20.3. The molecular formula is C18H17Cl3N2O4S. The van der Waals surface area contributed by atoms with E-state index in [0.29, 0.717) is 34.5 Å². The lowest BCUT2D eigenvalue weighted by Crippen LogP contribution is -2.40. The number of hydrogen-bond acceptors (Lipinski definition) is 4. The van der Waals surface area contributed by atoms with Crippen molar-refractivity contribution in [3.05, 3.63) is 57.0 Å². The molecule has 0 aliphatic carbocycles. The molecule has 1 N–H and O–H groups in total. The van der Waals surface area contributed by atoms with Crippen LogP contribution in [0.1, 0.15) is 5.56 Å². The molecule has 1 aliphatic rings. The summed E-state index contributed by atoms with van der Waals surface area (Å²) >= 11 is 18.1. The van der Waals surface area contributed by atoms with Crippen LogP contribution in [0.5, 0.6) is 0 Å². The average molecular weight is 464 g/mol. The van der Waals surface area contributed by atoms with Crippen LogP contribution in [0.15, 0.2) is 41.3 Å². The Kier molecular flexibility index (Phi) is 6.85. The van der Waals surface area contributed by atoms with E-state index < -0.39 is 10.0 Å². The fraction of sp³-hybridized carbons (Fsp3) is 0.278. The van der Waals surface area contributed by atoms with Crippen LogP contribution in [0.4, 0.5) is 5.69 Å². The maximum atomic E-state index is 12.9. The number of nitrogens with one attached hydrogen (secondary N) is 1. The van der Waals surface area contributed by atoms with E-state index in [9.17, 15) is 13.2 Å². The highest BCUT2D eigenvalue weighted by Crippen LogP contribution is 2.28. The molecule has 0 atom stereocenters. The van der Waals surface area contributed by atoms with Gasteiger partial charge in [-0.1, -0.05) is 40.9 Å². The molecular weight excluding hydrogens is 447 g/mol. The minimum absolute atomic E-state index is 0.0180. The fourth-order valence-electron chi connectivity index (χ4n) is 2.75. The van der Waals surface area contributed by atoms with Crippen LogP contribution in [0.3, 0.4) is 0 Å². The van der Waals surface area contributed by atoms with Gasteiger partial charge >= 0.3 is 0 Å². The first-order chi connectivity index (χ1) is 13.3. The number of benzene rings is 2. The molecule has 1 aliphatic heterocycles. The van der Waals surface area contributed by atoms with E-state index in [1.165, 1.54) is 16.4 Å². The number of morpholine rings is 1. The number of rotatable bonds is 5. The molecule has 1 saturated heterocycles. The molecule has 0 aromatic heterocycles. The van der Waals surface area contributed by atoms with E-state index in [0.717, 1.165) is 0 Å². The maximum absolute atomic E-state index is 12.9. The van der Waals surface area contributed by atoms with Gasteiger partial charge in [0.25, 0.3) is 0 Å². The third-order valence-electron chi connectivity index (χ3n) is 4.17. The van der Waals surface area contributed by atoms with E-state index in [2.05, 4.69) is 5.32 Å². The lowest BCUT2D eigenvalue weighted by atomic mass is 10.1. The number of halogens is 3. The van der Waals surface area contributed by atoms with Crippen LogP contribution < -0.4 is 5.32 Å². The quantitative estimate of drug-likeness (QED) is 0.731. The third-order valence-corrected chi connectivity index (χ3v) is 7.14. The Morgan fingerprint density at radius 3 is 2.43 bits per heavy atom. The number of sulfonamides is 1. The summed E-state index contributed by atoms with van der Waals surface area (Å²) in [6.45, 7) is 1.17. The smallest absolute Gasteiger partial charge is 0.244 e. The van der Waals surface area contributed by atoms with Gasteiger partial charge in [0.2, 0.25) is 15.9 Å². The summed E-state index contributed by atoms with van der Waals surface area (Å²) in [5.74, 6) is -0.346. The predicted octanol–water partition coefficient (Wildman–Crippen LogP) is 3.85. The van der Waals surface area contributed by atoms with Crippen LogP contribution in [0, 0.1) is 0 Å². The number of carbonyl (C=O) groups is 1. The number of nitrogens with zero attached hydrogens (tertiary/aromatic N) is 1. The van der Waals surface area contributed by atoms with E-state index in [-0.39, 0.29) is 35.3 Å². The zero-order valence-corrected chi connectivity index (χ0v) is 17.7. The van der Waals surface area contributed by atoms with Crippen molar-refractivity contribution in [3.63, 3.8) is 0 Å². The maximum Gasteiger partial charge on any atom is 0.244 e. The van der Waals surface area contributed by atoms with E-state index in [1.54, 1.807) is 24.3 Å². The second kappa shape index (κ2) is 8.98. The van der Waals surface area contributed by atoms with Crippen molar-refractivity contribution < 1.29 is 17.9 Å². The SMILES string of the molecule is O=C(Cc1ccc(Cl)cc1Cl)Nc1ccc(Cl)c(S(=O)(=O)N2CCOCC2)c1. The summed E-state index contributed by atoms with van der Waals surface area (Å²) in [5, 5.41) is 3.63. The molecule has 0 radical (unpaired) electrons. The third kappa shape index (κ3) is 4.97. The van der Waals surface area contributed by atoms with Gasteiger partial charge in [0, 0.05) is 28.8 Å². The van der Waals surface area contributed by atoms with Gasteiger partial charge in [-0.05, 0) is 35.9 Å². The zero-order valence-electron chi connectivity index (χ0n) is 14.6. The molecule has 0 unspecified atom stereocenters. The largest absolute Gasteiger partial charge is 0.379 e. The summed E-state index contributed by atoms with van der Waals surface area (Å²) in [6.07, 6.45) is 0.0180. The van der Waals surface area contributed by atoms with Crippen LogP contribution in [-0.2, 0) is 26.0 Å². The van der Waals surface area contributed by atoms with E-state index >= 15 is 0 Å². The number of hydrogen-bond donors (Lipinski definition) is 1. The molecule has 3 rings (SSSR count). The minimum Gasteiger partial charge on any atom is -0.379 e. The van der Waals surface area contributed by atoms with E-state index in [1.807, 2.05) is 0 Å². The molecule has 150 valence electrons. The molecule has 1 heterocycles. The average Bonchev–Trinajstić information content (AvgIpc) is 2.66. The van der Waals surface area contributed by atoms with Crippen molar-refractivity contribution in [1.82, 2.24) is 4.31 Å². The Balaban J connectivity index is 1.78. The first kappa shape index (κ1) is 21.4. The first-order valence-corrected chi connectivity index (χ1v) is 11.0. The van der Waals surface area contributed by atoms with Crippen LogP contribution in [-0.4, -0.2) is 44.9 Å². The summed E-state index contributed by atoms with van der Waals surface area (Å²) in [4.78, 5) is 12.3. The normalized spacial score (nSPS) is 15.4. The van der Waals surface area contributed by atoms with Crippen molar-refractivity contribution in [2.24, 2.45) is 0 Å². The second-order valence-electron chi connectivity index (χ2n) is 6.12. The molecule has 1 amide bonds. The number of carbonyl (C=O) groups excluding carboxylic acids is 1. The van der Waals surface area contributed by atoms with Crippen molar-refractivity contribution in [2.75, 3.05) is 31.6 Å². The standard InChI is InChI=1S/C18H17Cl3N2O4S/c19-13-2-1-12(16(21)10-13)9-18(24)22-14-3-4-15(20)17(11-14)28(25,26)23-5-7-27-8-6-23/h1-4,10-11H,5-9H2,(H,22,24). The van der Waals surface area contributed by atoms with Crippen LogP contribution >= 0.6 is 34.8 Å². The Bertz CT molecular complexity index is 992. The molecule has 2 aromatic carbocycles. The van der Waals surface area contributed by atoms with Gasteiger partial charge in [0.1, 0.15) is 4.90 Å². The van der Waals surface area contributed by atoms with Gasteiger partial charge in [0.05, 0.1) is 24.7 Å². The summed E-state index contributed by atoms with van der Waals surface area (Å²) < 4.78 is 32.2. The molecule has 0 bridgehead atoms. The Morgan fingerprint density at radius 2 is 1.75 bits per heavy atom. The van der Waals surface area contributed by atoms with Crippen molar-refractivity contribution in [2.45, 2.75) is 11.3 Å². The van der Waals surface area contributed by atoms with Gasteiger partial charge < -0.3 is 10.1 Å². The highest BCUT2D eigenvalue weighted by Gasteiger charge is 2.28. The summed E-state index contributed by atoms with van der Waals surface area (Å²) in [5.41, 5.74) is 0.935. The summed E-state index contributed by atoms with van der Waals surface area (Å²) in [7, 11) is -3.79. The van der Waals surface area contributed by atoms with Gasteiger partial charge in [-0.25, -0.2) is 8.42 Å². The minimum atomic E-state index is -3.79. The fourth-order valence-corrected chi connectivity index (χ4v) is 5.13. The van der Waals surface area contributed by atoms with E-state index in [4.69, 9.17) is 39.5 Å². The highest BCUT2D eigenvalue weighted by molar-refractivity contribution is 7.89. The van der Waals surface area contributed by atoms with Gasteiger partial charge in [-0.2, -0.15) is 4.31 Å². The van der Waals surface area contributed by atoms with Crippen molar-refractivity contribution in [1.29, 1.82) is 0 Å². The monoisotopic (exact) mass is 462 g/mol. The molecule has 28 heavy (non-hydrogen) atoms. The molecule has 0 saturated carbocycles. The molecule has 2 aromatic rings. The molecule has 0 spiro atoms. The van der Waals surface area contributed by atoms with Gasteiger partial charge in [-0.15, -0.1) is 0 Å². The Labute approximate surface area is 178 Å². The molecule has 1 fully saturated rings. The predicted molar refractivity (Wildman–Crippen MR) is 110 cm³/mol. The van der Waals surface area contributed by atoms with Gasteiger partial charge in [0.15, 0.2) is 0 Å². The van der Waals surface area contributed by atoms with Crippen molar-refractivity contribution >= 4 is 56.4 Å². The van der Waals surface area contributed by atoms with Crippen LogP contribution in [0.25, 0.3) is 0 Å². The Morgan fingerprint density at radius 1 is 1.04 bits per heavy atom. The lowest BCUT2D eigenvalue weighted by molar-refractivity contribution is -0.115. The van der Waals surface area contributed by atoms with Crippen LogP contribution in [0.2, 0.25) is 15.1 Å². The lowest BCUT2D eigenvalue weighted by Gasteiger charge is -2.26. The summed E-state index contributed by atoms with van der Waals surface area (Å²) in [6, 6.07) is 9.21. The molecule has 10 heteroatoms. The number of amides is 1. The van der Waals surface area contributed by atoms with Crippen molar-refractivity contribution in [3.8, 4) is 0 Å².